The van der Waals surface area contributed by atoms with Crippen molar-refractivity contribution in [2.75, 3.05) is 25.0 Å². The van der Waals surface area contributed by atoms with E-state index in [1.54, 1.807) is 6.07 Å². The minimum atomic E-state index is -0.00730. The van der Waals surface area contributed by atoms with Crippen molar-refractivity contribution in [2.45, 2.75) is 13.8 Å². The maximum absolute atomic E-state index is 11.4. The van der Waals surface area contributed by atoms with E-state index >= 15 is 0 Å². The van der Waals surface area contributed by atoms with Crippen LogP contribution in [-0.4, -0.2) is 32.3 Å². The van der Waals surface area contributed by atoms with Crippen molar-refractivity contribution in [1.82, 2.24) is 5.32 Å². The maximum atomic E-state index is 11.4. The van der Waals surface area contributed by atoms with Gasteiger partial charge in [-0.05, 0) is 37.6 Å². The molecule has 0 aliphatic heterocycles. The molecular weight excluding hydrogens is 216 g/mol. The Morgan fingerprint density at radius 2 is 2.18 bits per heavy atom. The van der Waals surface area contributed by atoms with E-state index < -0.39 is 0 Å². The predicted octanol–water partition coefficient (Wildman–Crippen LogP) is 1.38. The number of benzene rings is 1. The predicted molar refractivity (Wildman–Crippen MR) is 68.5 cm³/mol. The molecule has 1 aromatic carbocycles. The fourth-order valence-electron chi connectivity index (χ4n) is 1.59. The molecule has 0 heterocycles. The molecule has 0 aliphatic rings. The Balaban J connectivity index is 2.75. The fourth-order valence-corrected chi connectivity index (χ4v) is 1.59. The number of nitrogens with zero attached hydrogens (tertiary/aromatic N) is 1. The van der Waals surface area contributed by atoms with Crippen LogP contribution in [0, 0.1) is 6.92 Å². The second kappa shape index (κ2) is 6.03. The second-order valence-corrected chi connectivity index (χ2v) is 3.97. The number of anilines is 1. The number of hydrogen-bond donors (Lipinski definition) is 1. The van der Waals surface area contributed by atoms with E-state index in [4.69, 9.17) is 0 Å². The molecule has 0 spiro atoms. The highest BCUT2D eigenvalue weighted by Crippen LogP contribution is 2.16. The Morgan fingerprint density at radius 3 is 2.71 bits per heavy atom. The van der Waals surface area contributed by atoms with Crippen molar-refractivity contribution in [3.63, 3.8) is 0 Å². The van der Waals surface area contributed by atoms with Gasteiger partial charge in [0.2, 0.25) is 5.91 Å². The van der Waals surface area contributed by atoms with Crippen LogP contribution in [0.1, 0.15) is 22.8 Å². The molecule has 4 nitrogen and oxygen atoms in total. The lowest BCUT2D eigenvalue weighted by Crippen LogP contribution is -2.34. The quantitative estimate of drug-likeness (QED) is 0.783. The standard InChI is InChI=1S/C13H18N2O2/c1-4-14-13(17)8-15(3)12-6-5-11(9-16)10(2)7-12/h5-7,9H,4,8H2,1-3H3,(H,14,17). The minimum Gasteiger partial charge on any atom is -0.365 e. The molecule has 1 N–H and O–H groups in total. The molecule has 4 heteroatoms. The lowest BCUT2D eigenvalue weighted by atomic mass is 10.1. The topological polar surface area (TPSA) is 49.4 Å². The summed E-state index contributed by atoms with van der Waals surface area (Å²) in [6.07, 6.45) is 0.836. The van der Waals surface area contributed by atoms with Crippen molar-refractivity contribution in [3.05, 3.63) is 29.3 Å². The maximum Gasteiger partial charge on any atom is 0.239 e. The molecule has 0 aliphatic carbocycles. The van der Waals surface area contributed by atoms with Gasteiger partial charge >= 0.3 is 0 Å². The highest BCUT2D eigenvalue weighted by Gasteiger charge is 2.07. The van der Waals surface area contributed by atoms with Gasteiger partial charge in [-0.25, -0.2) is 0 Å². The smallest absolute Gasteiger partial charge is 0.239 e. The van der Waals surface area contributed by atoms with Gasteiger partial charge in [-0.1, -0.05) is 0 Å². The second-order valence-electron chi connectivity index (χ2n) is 3.97. The lowest BCUT2D eigenvalue weighted by Gasteiger charge is -2.19. The molecule has 0 aromatic heterocycles. The van der Waals surface area contributed by atoms with Crippen molar-refractivity contribution in [1.29, 1.82) is 0 Å². The van der Waals surface area contributed by atoms with Crippen LogP contribution in [0.15, 0.2) is 18.2 Å². The number of hydrogen-bond acceptors (Lipinski definition) is 3. The molecule has 0 atom stereocenters. The summed E-state index contributed by atoms with van der Waals surface area (Å²) >= 11 is 0. The van der Waals surface area contributed by atoms with Crippen molar-refractivity contribution in [3.8, 4) is 0 Å². The molecule has 1 aromatic rings. The van der Waals surface area contributed by atoms with E-state index in [2.05, 4.69) is 5.32 Å². The van der Waals surface area contributed by atoms with E-state index in [0.717, 1.165) is 17.5 Å². The number of likely N-dealkylation sites (N-methyl/N-ethyl adjacent to an activating group) is 2. The summed E-state index contributed by atoms with van der Waals surface area (Å²) in [5.41, 5.74) is 2.53. The monoisotopic (exact) mass is 234 g/mol. The van der Waals surface area contributed by atoms with Crippen LogP contribution in [0.5, 0.6) is 0 Å². The normalized spacial score (nSPS) is 9.82. The Kier molecular flexibility index (Phi) is 4.69. The van der Waals surface area contributed by atoms with E-state index in [0.29, 0.717) is 18.7 Å². The summed E-state index contributed by atoms with van der Waals surface area (Å²) < 4.78 is 0. The molecule has 1 amide bonds. The highest BCUT2D eigenvalue weighted by molar-refractivity contribution is 5.82. The Morgan fingerprint density at radius 1 is 1.47 bits per heavy atom. The van der Waals surface area contributed by atoms with E-state index in [9.17, 15) is 9.59 Å². The first-order chi connectivity index (χ1) is 8.08. The molecule has 0 radical (unpaired) electrons. The van der Waals surface area contributed by atoms with E-state index in [1.165, 1.54) is 0 Å². The van der Waals surface area contributed by atoms with Gasteiger partial charge in [0.05, 0.1) is 6.54 Å². The number of aryl methyl sites for hydroxylation is 1. The molecule has 0 fully saturated rings. The molecule has 0 unspecified atom stereocenters. The molecular formula is C13H18N2O2. The van der Waals surface area contributed by atoms with Crippen LogP contribution in [0.2, 0.25) is 0 Å². The van der Waals surface area contributed by atoms with Crippen molar-refractivity contribution >= 4 is 17.9 Å². The molecule has 0 saturated carbocycles. The zero-order valence-electron chi connectivity index (χ0n) is 10.5. The molecule has 1 rings (SSSR count). The van der Waals surface area contributed by atoms with E-state index in [-0.39, 0.29) is 5.91 Å². The average Bonchev–Trinajstić information content (AvgIpc) is 2.29. The van der Waals surface area contributed by atoms with Gasteiger partial charge in [0.1, 0.15) is 6.29 Å². The molecule has 92 valence electrons. The van der Waals surface area contributed by atoms with Gasteiger partial charge in [0, 0.05) is 24.8 Å². The van der Waals surface area contributed by atoms with Gasteiger partial charge in [-0.15, -0.1) is 0 Å². The van der Waals surface area contributed by atoms with Crippen LogP contribution < -0.4 is 10.2 Å². The minimum absolute atomic E-state index is 0.00730. The summed E-state index contributed by atoms with van der Waals surface area (Å²) in [6, 6.07) is 5.52. The van der Waals surface area contributed by atoms with Crippen LogP contribution in [0.4, 0.5) is 5.69 Å². The first-order valence-electron chi connectivity index (χ1n) is 5.62. The highest BCUT2D eigenvalue weighted by atomic mass is 16.2. The molecule has 17 heavy (non-hydrogen) atoms. The molecule has 0 saturated heterocycles. The fraction of sp³-hybridized carbons (Fsp3) is 0.385. The Bertz CT molecular complexity index is 416. The summed E-state index contributed by atoms with van der Waals surface area (Å²) in [6.45, 7) is 4.72. The van der Waals surface area contributed by atoms with Crippen molar-refractivity contribution < 1.29 is 9.59 Å². The number of aldehydes is 1. The van der Waals surface area contributed by atoms with Gasteiger partial charge in [-0.3, -0.25) is 9.59 Å². The number of carbonyl (C=O) groups excluding carboxylic acids is 2. The molecule has 0 bridgehead atoms. The van der Waals surface area contributed by atoms with Crippen molar-refractivity contribution in [2.24, 2.45) is 0 Å². The van der Waals surface area contributed by atoms with E-state index in [1.807, 2.05) is 37.9 Å². The van der Waals surface area contributed by atoms with Crippen LogP contribution >= 0.6 is 0 Å². The first-order valence-corrected chi connectivity index (χ1v) is 5.62. The van der Waals surface area contributed by atoms with Crippen LogP contribution in [-0.2, 0) is 4.79 Å². The Labute approximate surface area is 102 Å². The van der Waals surface area contributed by atoms with Gasteiger partial charge in [0.15, 0.2) is 0 Å². The number of carbonyl (C=O) groups is 2. The first kappa shape index (κ1) is 13.2. The summed E-state index contributed by atoms with van der Waals surface area (Å²) in [5, 5.41) is 2.75. The third kappa shape index (κ3) is 3.59. The van der Waals surface area contributed by atoms with Gasteiger partial charge in [0.25, 0.3) is 0 Å². The van der Waals surface area contributed by atoms with Gasteiger partial charge < -0.3 is 10.2 Å². The average molecular weight is 234 g/mol. The van der Waals surface area contributed by atoms with Gasteiger partial charge in [-0.2, -0.15) is 0 Å². The van der Waals surface area contributed by atoms with Crippen LogP contribution in [0.25, 0.3) is 0 Å². The Hall–Kier alpha value is -1.84. The summed E-state index contributed by atoms with van der Waals surface area (Å²) in [4.78, 5) is 24.0. The zero-order valence-corrected chi connectivity index (χ0v) is 10.5. The SMILES string of the molecule is CCNC(=O)CN(C)c1ccc(C=O)c(C)c1. The summed E-state index contributed by atoms with van der Waals surface area (Å²) in [5.74, 6) is -0.00730. The largest absolute Gasteiger partial charge is 0.365 e. The number of nitrogens with one attached hydrogen (secondary N) is 1. The lowest BCUT2D eigenvalue weighted by molar-refractivity contribution is -0.119. The third-order valence-electron chi connectivity index (χ3n) is 2.58. The number of amides is 1. The number of rotatable bonds is 5. The van der Waals surface area contributed by atoms with Crippen LogP contribution in [0.3, 0.4) is 0 Å². The zero-order chi connectivity index (χ0) is 12.8. The third-order valence-corrected chi connectivity index (χ3v) is 2.58. The summed E-state index contributed by atoms with van der Waals surface area (Å²) in [7, 11) is 1.85.